The highest BCUT2D eigenvalue weighted by Gasteiger charge is 2.09. The minimum Gasteiger partial charge on any atom is -0.507 e. The van der Waals surface area contributed by atoms with Crippen LogP contribution in [0.1, 0.15) is 32.1 Å². The first-order valence-electron chi connectivity index (χ1n) is 6.04. The van der Waals surface area contributed by atoms with Crippen LogP contribution in [0.4, 0.5) is 0 Å². The highest BCUT2D eigenvalue weighted by molar-refractivity contribution is 5.65. The number of para-hydroxylation sites is 1. The zero-order chi connectivity index (χ0) is 12.1. The first-order valence-corrected chi connectivity index (χ1v) is 6.04. The Bertz CT molecular complexity index is 477. The van der Waals surface area contributed by atoms with Crippen LogP contribution in [0.25, 0.3) is 11.3 Å². The largest absolute Gasteiger partial charge is 0.507 e. The molecule has 0 aliphatic carbocycles. The lowest BCUT2D eigenvalue weighted by atomic mass is 10.1. The van der Waals surface area contributed by atoms with E-state index in [1.54, 1.807) is 18.4 Å². The van der Waals surface area contributed by atoms with E-state index in [0.29, 0.717) is 5.69 Å². The molecule has 0 bridgehead atoms. The van der Waals surface area contributed by atoms with Crippen molar-refractivity contribution in [2.24, 2.45) is 0 Å². The molecule has 0 atom stereocenters. The molecule has 3 nitrogen and oxygen atoms in total. The van der Waals surface area contributed by atoms with Gasteiger partial charge in [-0.25, -0.2) is 4.98 Å². The molecular weight excluding hydrogens is 214 g/mol. The van der Waals surface area contributed by atoms with Crippen LogP contribution < -0.4 is 0 Å². The highest BCUT2D eigenvalue weighted by Crippen LogP contribution is 2.27. The van der Waals surface area contributed by atoms with Gasteiger partial charge in [0.1, 0.15) is 17.7 Å². The third kappa shape index (κ3) is 2.87. The molecule has 0 unspecified atom stereocenters. The number of aromatic hydroxyl groups is 1. The maximum absolute atomic E-state index is 9.71. The van der Waals surface area contributed by atoms with Crippen molar-refractivity contribution in [2.45, 2.75) is 32.6 Å². The van der Waals surface area contributed by atoms with Gasteiger partial charge in [0.15, 0.2) is 5.89 Å². The van der Waals surface area contributed by atoms with E-state index in [1.165, 1.54) is 12.8 Å². The van der Waals surface area contributed by atoms with E-state index in [2.05, 4.69) is 11.9 Å². The zero-order valence-corrected chi connectivity index (χ0v) is 10.0. The summed E-state index contributed by atoms with van der Waals surface area (Å²) in [5.41, 5.74) is 1.42. The van der Waals surface area contributed by atoms with E-state index in [-0.39, 0.29) is 5.75 Å². The maximum Gasteiger partial charge on any atom is 0.194 e. The number of oxazole rings is 1. The SMILES string of the molecule is CCCCCc1nc(-c2ccccc2O)co1. The molecule has 0 aliphatic heterocycles. The van der Waals surface area contributed by atoms with Gasteiger partial charge in [-0.05, 0) is 18.6 Å². The molecule has 2 aromatic rings. The van der Waals surface area contributed by atoms with E-state index < -0.39 is 0 Å². The number of phenols is 1. The van der Waals surface area contributed by atoms with E-state index in [4.69, 9.17) is 4.42 Å². The Kier molecular flexibility index (Phi) is 3.81. The van der Waals surface area contributed by atoms with E-state index in [9.17, 15) is 5.11 Å². The molecule has 0 saturated heterocycles. The standard InChI is InChI=1S/C14H17NO2/c1-2-3-4-9-14-15-12(10-17-14)11-7-5-6-8-13(11)16/h5-8,10,16H,2-4,9H2,1H3. The minimum atomic E-state index is 0.237. The molecule has 1 aromatic heterocycles. The second kappa shape index (κ2) is 5.53. The summed E-state index contributed by atoms with van der Waals surface area (Å²) in [6.07, 6.45) is 5.94. The Morgan fingerprint density at radius 1 is 1.24 bits per heavy atom. The van der Waals surface area contributed by atoms with Crippen molar-refractivity contribution in [1.82, 2.24) is 4.98 Å². The first-order chi connectivity index (χ1) is 8.31. The van der Waals surface area contributed by atoms with Crippen molar-refractivity contribution in [2.75, 3.05) is 0 Å². The summed E-state index contributed by atoms with van der Waals surface area (Å²) < 4.78 is 5.40. The predicted molar refractivity (Wildman–Crippen MR) is 66.8 cm³/mol. The number of rotatable bonds is 5. The van der Waals surface area contributed by atoms with Crippen molar-refractivity contribution < 1.29 is 9.52 Å². The fourth-order valence-corrected chi connectivity index (χ4v) is 1.77. The van der Waals surface area contributed by atoms with Crippen LogP contribution in [0, 0.1) is 0 Å². The third-order valence-corrected chi connectivity index (χ3v) is 2.73. The monoisotopic (exact) mass is 231 g/mol. The van der Waals surface area contributed by atoms with Crippen LogP contribution in [-0.4, -0.2) is 10.1 Å². The van der Waals surface area contributed by atoms with Gasteiger partial charge in [-0.15, -0.1) is 0 Å². The van der Waals surface area contributed by atoms with Gasteiger partial charge in [-0.1, -0.05) is 31.9 Å². The number of aryl methyl sites for hydroxylation is 1. The summed E-state index contributed by atoms with van der Waals surface area (Å²) >= 11 is 0. The molecule has 17 heavy (non-hydrogen) atoms. The first kappa shape index (κ1) is 11.7. The lowest BCUT2D eigenvalue weighted by molar-refractivity contribution is 0.476. The maximum atomic E-state index is 9.71. The summed E-state index contributed by atoms with van der Waals surface area (Å²) in [5.74, 6) is 0.984. The minimum absolute atomic E-state index is 0.237. The van der Waals surface area contributed by atoms with E-state index in [0.717, 1.165) is 24.3 Å². The average Bonchev–Trinajstić information content (AvgIpc) is 2.79. The summed E-state index contributed by atoms with van der Waals surface area (Å²) in [6.45, 7) is 2.17. The lowest BCUT2D eigenvalue weighted by Gasteiger charge is -1.98. The second-order valence-electron chi connectivity index (χ2n) is 4.10. The molecule has 0 radical (unpaired) electrons. The van der Waals surface area contributed by atoms with Gasteiger partial charge in [0.2, 0.25) is 0 Å². The van der Waals surface area contributed by atoms with Gasteiger partial charge >= 0.3 is 0 Å². The number of unbranched alkanes of at least 4 members (excludes halogenated alkanes) is 2. The van der Waals surface area contributed by atoms with Crippen molar-refractivity contribution in [3.05, 3.63) is 36.4 Å². The molecule has 0 amide bonds. The van der Waals surface area contributed by atoms with Gasteiger partial charge in [-0.2, -0.15) is 0 Å². The molecule has 0 aliphatic rings. The molecule has 2 rings (SSSR count). The second-order valence-corrected chi connectivity index (χ2v) is 4.10. The quantitative estimate of drug-likeness (QED) is 0.796. The number of benzene rings is 1. The number of phenolic OH excluding ortho intramolecular Hbond substituents is 1. The fourth-order valence-electron chi connectivity index (χ4n) is 1.77. The average molecular weight is 231 g/mol. The summed E-state index contributed by atoms with van der Waals surface area (Å²) in [6, 6.07) is 7.16. The van der Waals surface area contributed by atoms with Crippen LogP contribution in [0.2, 0.25) is 0 Å². The molecule has 3 heteroatoms. The fraction of sp³-hybridized carbons (Fsp3) is 0.357. The number of aromatic nitrogens is 1. The Balaban J connectivity index is 2.10. The van der Waals surface area contributed by atoms with Crippen LogP contribution in [-0.2, 0) is 6.42 Å². The molecule has 1 heterocycles. The molecule has 90 valence electrons. The van der Waals surface area contributed by atoms with Gasteiger partial charge in [0, 0.05) is 12.0 Å². The number of hydrogen-bond acceptors (Lipinski definition) is 3. The zero-order valence-electron chi connectivity index (χ0n) is 10.0. The van der Waals surface area contributed by atoms with Gasteiger partial charge in [0.25, 0.3) is 0 Å². The Morgan fingerprint density at radius 2 is 2.06 bits per heavy atom. The molecule has 0 fully saturated rings. The highest BCUT2D eigenvalue weighted by atomic mass is 16.3. The lowest BCUT2D eigenvalue weighted by Crippen LogP contribution is -1.86. The van der Waals surface area contributed by atoms with E-state index >= 15 is 0 Å². The summed E-state index contributed by atoms with van der Waals surface area (Å²) in [5, 5.41) is 9.71. The Morgan fingerprint density at radius 3 is 2.82 bits per heavy atom. The van der Waals surface area contributed by atoms with Crippen molar-refractivity contribution in [1.29, 1.82) is 0 Å². The Hall–Kier alpha value is -1.77. The van der Waals surface area contributed by atoms with Crippen molar-refractivity contribution in [3.63, 3.8) is 0 Å². The molecule has 1 N–H and O–H groups in total. The van der Waals surface area contributed by atoms with Crippen molar-refractivity contribution in [3.8, 4) is 17.0 Å². The van der Waals surface area contributed by atoms with Gasteiger partial charge in [0.05, 0.1) is 0 Å². The topological polar surface area (TPSA) is 46.3 Å². The van der Waals surface area contributed by atoms with Crippen LogP contribution in [0.5, 0.6) is 5.75 Å². The smallest absolute Gasteiger partial charge is 0.194 e. The molecular formula is C14H17NO2. The van der Waals surface area contributed by atoms with Crippen LogP contribution in [0.15, 0.2) is 34.9 Å². The van der Waals surface area contributed by atoms with Crippen LogP contribution in [0.3, 0.4) is 0 Å². The Labute approximate surface area is 101 Å². The molecule has 0 saturated carbocycles. The normalized spacial score (nSPS) is 10.6. The van der Waals surface area contributed by atoms with Crippen molar-refractivity contribution >= 4 is 0 Å². The number of hydrogen-bond donors (Lipinski definition) is 1. The van der Waals surface area contributed by atoms with Gasteiger partial charge in [-0.3, -0.25) is 0 Å². The van der Waals surface area contributed by atoms with E-state index in [1.807, 2.05) is 12.1 Å². The summed E-state index contributed by atoms with van der Waals surface area (Å²) in [4.78, 5) is 4.39. The third-order valence-electron chi connectivity index (χ3n) is 2.73. The number of nitrogens with zero attached hydrogens (tertiary/aromatic N) is 1. The molecule has 1 aromatic carbocycles. The predicted octanol–water partition coefficient (Wildman–Crippen LogP) is 3.78. The van der Waals surface area contributed by atoms with Crippen LogP contribution >= 0.6 is 0 Å². The van der Waals surface area contributed by atoms with Gasteiger partial charge < -0.3 is 9.52 Å². The molecule has 0 spiro atoms. The summed E-state index contributed by atoms with van der Waals surface area (Å²) in [7, 11) is 0.